The van der Waals surface area contributed by atoms with Crippen molar-refractivity contribution in [2.45, 2.75) is 25.3 Å². The van der Waals surface area contributed by atoms with E-state index >= 15 is 0 Å². The molecule has 0 unspecified atom stereocenters. The Morgan fingerprint density at radius 3 is 2.33 bits per heavy atom. The molecule has 1 saturated carbocycles. The SMILES string of the molecule is c1nncn1C1CCC1. The minimum absolute atomic E-state index is 0.708. The van der Waals surface area contributed by atoms with Gasteiger partial charge >= 0.3 is 0 Å². The lowest BCUT2D eigenvalue weighted by Gasteiger charge is -2.25. The number of hydrogen-bond acceptors (Lipinski definition) is 2. The molecular formula is C6H9N3. The Labute approximate surface area is 53.7 Å². The van der Waals surface area contributed by atoms with Gasteiger partial charge in [0.25, 0.3) is 0 Å². The van der Waals surface area contributed by atoms with Gasteiger partial charge in [-0.1, -0.05) is 0 Å². The number of hydrogen-bond donors (Lipinski definition) is 0. The molecule has 0 spiro atoms. The van der Waals surface area contributed by atoms with Crippen molar-refractivity contribution in [3.8, 4) is 0 Å². The van der Waals surface area contributed by atoms with E-state index in [0.717, 1.165) is 0 Å². The number of aromatic nitrogens is 3. The molecule has 1 aliphatic carbocycles. The number of rotatable bonds is 1. The maximum Gasteiger partial charge on any atom is 0.119 e. The molecular weight excluding hydrogens is 114 g/mol. The zero-order valence-electron chi connectivity index (χ0n) is 5.20. The molecule has 2 rings (SSSR count). The smallest absolute Gasteiger partial charge is 0.119 e. The van der Waals surface area contributed by atoms with E-state index in [1.165, 1.54) is 19.3 Å². The molecule has 0 bridgehead atoms. The second-order valence-corrected chi connectivity index (χ2v) is 2.49. The lowest BCUT2D eigenvalue weighted by molar-refractivity contribution is 0.312. The molecule has 3 heteroatoms. The molecule has 0 saturated heterocycles. The predicted molar refractivity (Wildman–Crippen MR) is 32.9 cm³/mol. The standard InChI is InChI=1S/C6H9N3/c1-2-6(3-1)9-4-7-8-5-9/h4-6H,1-3H2. The Morgan fingerprint density at radius 2 is 1.89 bits per heavy atom. The Balaban J connectivity index is 2.14. The molecule has 0 atom stereocenters. The first-order valence-electron chi connectivity index (χ1n) is 3.31. The molecule has 1 heterocycles. The van der Waals surface area contributed by atoms with Crippen LogP contribution < -0.4 is 0 Å². The first-order chi connectivity index (χ1) is 4.47. The van der Waals surface area contributed by atoms with Crippen LogP contribution in [-0.4, -0.2) is 14.8 Å². The fraction of sp³-hybridized carbons (Fsp3) is 0.667. The molecule has 0 radical (unpaired) electrons. The van der Waals surface area contributed by atoms with Crippen molar-refractivity contribution in [1.29, 1.82) is 0 Å². The summed E-state index contributed by atoms with van der Waals surface area (Å²) >= 11 is 0. The minimum Gasteiger partial charge on any atom is -0.317 e. The molecule has 1 aliphatic rings. The summed E-state index contributed by atoms with van der Waals surface area (Å²) in [5, 5.41) is 7.48. The monoisotopic (exact) mass is 123 g/mol. The highest BCUT2D eigenvalue weighted by Crippen LogP contribution is 2.30. The number of nitrogens with zero attached hydrogens (tertiary/aromatic N) is 3. The van der Waals surface area contributed by atoms with Crippen LogP contribution in [0.3, 0.4) is 0 Å². The van der Waals surface area contributed by atoms with E-state index < -0.39 is 0 Å². The van der Waals surface area contributed by atoms with Gasteiger partial charge in [0.2, 0.25) is 0 Å². The maximum absolute atomic E-state index is 3.74. The van der Waals surface area contributed by atoms with Crippen molar-refractivity contribution < 1.29 is 0 Å². The molecule has 9 heavy (non-hydrogen) atoms. The predicted octanol–water partition coefficient (Wildman–Crippen LogP) is 1.00. The van der Waals surface area contributed by atoms with Gasteiger partial charge in [0.15, 0.2) is 0 Å². The Hall–Kier alpha value is -0.860. The summed E-state index contributed by atoms with van der Waals surface area (Å²) in [6.07, 6.45) is 7.56. The summed E-state index contributed by atoms with van der Waals surface area (Å²) in [5.74, 6) is 0. The van der Waals surface area contributed by atoms with Gasteiger partial charge in [-0.3, -0.25) is 0 Å². The summed E-state index contributed by atoms with van der Waals surface area (Å²) in [4.78, 5) is 0. The van der Waals surface area contributed by atoms with Crippen molar-refractivity contribution in [3.05, 3.63) is 12.7 Å². The highest BCUT2D eigenvalue weighted by Gasteiger charge is 2.18. The molecule has 1 aromatic heterocycles. The minimum atomic E-state index is 0.708. The largest absolute Gasteiger partial charge is 0.317 e. The van der Waals surface area contributed by atoms with Crippen LogP contribution >= 0.6 is 0 Å². The third-order valence-corrected chi connectivity index (χ3v) is 1.93. The van der Waals surface area contributed by atoms with Crippen LogP contribution in [0.4, 0.5) is 0 Å². The highest BCUT2D eigenvalue weighted by atomic mass is 15.2. The van der Waals surface area contributed by atoms with Crippen molar-refractivity contribution in [2.24, 2.45) is 0 Å². The van der Waals surface area contributed by atoms with E-state index in [0.29, 0.717) is 6.04 Å². The average Bonchev–Trinajstić information content (AvgIpc) is 2.11. The Morgan fingerprint density at radius 1 is 1.22 bits per heavy atom. The van der Waals surface area contributed by atoms with E-state index in [1.54, 1.807) is 12.7 Å². The van der Waals surface area contributed by atoms with Crippen molar-refractivity contribution >= 4 is 0 Å². The van der Waals surface area contributed by atoms with Gasteiger partial charge in [0.1, 0.15) is 12.7 Å². The molecule has 0 amide bonds. The van der Waals surface area contributed by atoms with Crippen LogP contribution in [0.1, 0.15) is 25.3 Å². The third-order valence-electron chi connectivity index (χ3n) is 1.93. The lowest BCUT2D eigenvalue weighted by atomic mass is 9.93. The van der Waals surface area contributed by atoms with E-state index in [2.05, 4.69) is 14.8 Å². The van der Waals surface area contributed by atoms with Crippen LogP contribution in [0.5, 0.6) is 0 Å². The van der Waals surface area contributed by atoms with Gasteiger partial charge in [-0.05, 0) is 19.3 Å². The first-order valence-corrected chi connectivity index (χ1v) is 3.31. The van der Waals surface area contributed by atoms with Gasteiger partial charge in [-0.25, -0.2) is 0 Å². The fourth-order valence-electron chi connectivity index (χ4n) is 1.08. The first kappa shape index (κ1) is 4.97. The molecule has 3 nitrogen and oxygen atoms in total. The van der Waals surface area contributed by atoms with Crippen molar-refractivity contribution in [1.82, 2.24) is 14.8 Å². The molecule has 0 aliphatic heterocycles. The molecule has 1 aromatic rings. The van der Waals surface area contributed by atoms with E-state index in [9.17, 15) is 0 Å². The zero-order chi connectivity index (χ0) is 6.10. The molecule has 0 aromatic carbocycles. The fourth-order valence-corrected chi connectivity index (χ4v) is 1.08. The highest BCUT2D eigenvalue weighted by molar-refractivity contribution is 4.78. The van der Waals surface area contributed by atoms with Crippen LogP contribution in [0, 0.1) is 0 Å². The maximum atomic E-state index is 3.74. The van der Waals surface area contributed by atoms with Crippen LogP contribution in [-0.2, 0) is 0 Å². The summed E-state index contributed by atoms with van der Waals surface area (Å²) in [6, 6.07) is 0.708. The average molecular weight is 123 g/mol. The van der Waals surface area contributed by atoms with Gasteiger partial charge in [0, 0.05) is 6.04 Å². The van der Waals surface area contributed by atoms with Crippen molar-refractivity contribution in [3.63, 3.8) is 0 Å². The lowest BCUT2D eigenvalue weighted by Crippen LogP contribution is -2.14. The van der Waals surface area contributed by atoms with Gasteiger partial charge in [-0.2, -0.15) is 0 Å². The second kappa shape index (κ2) is 1.83. The van der Waals surface area contributed by atoms with Gasteiger partial charge in [-0.15, -0.1) is 10.2 Å². The quantitative estimate of drug-likeness (QED) is 0.557. The second-order valence-electron chi connectivity index (χ2n) is 2.49. The van der Waals surface area contributed by atoms with E-state index in [4.69, 9.17) is 0 Å². The van der Waals surface area contributed by atoms with E-state index in [-0.39, 0.29) is 0 Å². The normalized spacial score (nSPS) is 19.6. The summed E-state index contributed by atoms with van der Waals surface area (Å²) in [6.45, 7) is 0. The zero-order valence-corrected chi connectivity index (χ0v) is 5.20. The van der Waals surface area contributed by atoms with Crippen molar-refractivity contribution in [2.75, 3.05) is 0 Å². The Bertz CT molecular complexity index is 176. The third kappa shape index (κ3) is 0.724. The molecule has 0 N–H and O–H groups in total. The topological polar surface area (TPSA) is 30.7 Å². The van der Waals surface area contributed by atoms with Crippen LogP contribution in [0.15, 0.2) is 12.7 Å². The van der Waals surface area contributed by atoms with Gasteiger partial charge < -0.3 is 4.57 Å². The molecule has 48 valence electrons. The molecule has 1 fully saturated rings. The van der Waals surface area contributed by atoms with E-state index in [1.807, 2.05) is 0 Å². The van der Waals surface area contributed by atoms with Crippen LogP contribution in [0.2, 0.25) is 0 Å². The Kier molecular flexibility index (Phi) is 1.01. The van der Waals surface area contributed by atoms with Crippen LogP contribution in [0.25, 0.3) is 0 Å². The van der Waals surface area contributed by atoms with Gasteiger partial charge in [0.05, 0.1) is 0 Å². The summed E-state index contributed by atoms with van der Waals surface area (Å²) in [5.41, 5.74) is 0. The summed E-state index contributed by atoms with van der Waals surface area (Å²) < 4.78 is 2.09. The summed E-state index contributed by atoms with van der Waals surface area (Å²) in [7, 11) is 0.